The van der Waals surface area contributed by atoms with Crippen LogP contribution in [-0.4, -0.2) is 45.0 Å². The standard InChI is InChI=1S/C12H29N3.Li/c13-9-5-2-1-3-7-11-15-12-8-4-6-10-14;/h15H,1-14H2;. The predicted octanol–water partition coefficient (Wildman–Crippen LogP) is 1.23. The Labute approximate surface area is 113 Å². The molecule has 0 aliphatic carbocycles. The molecule has 0 fully saturated rings. The van der Waals surface area contributed by atoms with Crippen molar-refractivity contribution in [1.29, 1.82) is 0 Å². The van der Waals surface area contributed by atoms with Crippen LogP contribution in [-0.2, 0) is 0 Å². The number of nitrogens with one attached hydrogen (secondary N) is 1. The molecular weight excluding hydrogens is 193 g/mol. The van der Waals surface area contributed by atoms with Gasteiger partial charge < -0.3 is 16.8 Å². The zero-order valence-electron chi connectivity index (χ0n) is 11.1. The summed E-state index contributed by atoms with van der Waals surface area (Å²) < 4.78 is 0. The third kappa shape index (κ3) is 16.9. The summed E-state index contributed by atoms with van der Waals surface area (Å²) in [5, 5.41) is 3.47. The van der Waals surface area contributed by atoms with E-state index in [9.17, 15) is 0 Å². The number of rotatable bonds is 12. The smallest absolute Gasteiger partial charge is 0 e. The predicted molar refractivity (Wildman–Crippen MR) is 73.7 cm³/mol. The molecule has 3 nitrogen and oxygen atoms in total. The van der Waals surface area contributed by atoms with Crippen molar-refractivity contribution in [3.8, 4) is 0 Å². The summed E-state index contributed by atoms with van der Waals surface area (Å²) in [6.07, 6.45) is 10.2. The summed E-state index contributed by atoms with van der Waals surface area (Å²) in [5.41, 5.74) is 10.8. The van der Waals surface area contributed by atoms with Crippen LogP contribution in [0, 0.1) is 0 Å². The van der Waals surface area contributed by atoms with Gasteiger partial charge in [0, 0.05) is 18.9 Å². The van der Waals surface area contributed by atoms with Crippen molar-refractivity contribution < 1.29 is 0 Å². The fraction of sp³-hybridized carbons (Fsp3) is 1.00. The average Bonchev–Trinajstić information content (AvgIpc) is 2.26. The van der Waals surface area contributed by atoms with Gasteiger partial charge in [-0.15, -0.1) is 0 Å². The van der Waals surface area contributed by atoms with Crippen LogP contribution in [0.5, 0.6) is 0 Å². The zero-order chi connectivity index (χ0) is 11.2. The molecule has 0 amide bonds. The van der Waals surface area contributed by atoms with Crippen molar-refractivity contribution in [2.75, 3.05) is 26.2 Å². The molecule has 16 heavy (non-hydrogen) atoms. The molecule has 0 aromatic carbocycles. The molecule has 0 aromatic heterocycles. The number of hydrogen-bond donors (Lipinski definition) is 3. The van der Waals surface area contributed by atoms with Crippen LogP contribution in [0.4, 0.5) is 0 Å². The third-order valence-corrected chi connectivity index (χ3v) is 2.62. The minimum absolute atomic E-state index is 0. The second kappa shape index (κ2) is 17.9. The second-order valence-electron chi connectivity index (χ2n) is 4.16. The molecule has 1 radical (unpaired) electrons. The Bertz CT molecular complexity index is 100. The van der Waals surface area contributed by atoms with Crippen LogP contribution in [0.1, 0.15) is 51.4 Å². The van der Waals surface area contributed by atoms with Gasteiger partial charge in [-0.25, -0.2) is 0 Å². The van der Waals surface area contributed by atoms with Gasteiger partial charge in [0.15, 0.2) is 0 Å². The molecule has 0 atom stereocenters. The summed E-state index contributed by atoms with van der Waals surface area (Å²) in [4.78, 5) is 0. The van der Waals surface area contributed by atoms with Crippen LogP contribution in [0.3, 0.4) is 0 Å². The summed E-state index contributed by atoms with van der Waals surface area (Å²) in [5.74, 6) is 0. The van der Waals surface area contributed by atoms with Crippen LogP contribution < -0.4 is 16.8 Å². The van der Waals surface area contributed by atoms with Crippen molar-refractivity contribution >= 4 is 18.9 Å². The second-order valence-corrected chi connectivity index (χ2v) is 4.16. The Morgan fingerprint density at radius 2 is 0.938 bits per heavy atom. The molecule has 93 valence electrons. The molecule has 5 N–H and O–H groups in total. The first-order chi connectivity index (χ1) is 7.41. The van der Waals surface area contributed by atoms with E-state index >= 15 is 0 Å². The molecule has 0 aliphatic heterocycles. The van der Waals surface area contributed by atoms with Gasteiger partial charge in [-0.2, -0.15) is 0 Å². The van der Waals surface area contributed by atoms with Crippen molar-refractivity contribution in [1.82, 2.24) is 5.32 Å². The third-order valence-electron chi connectivity index (χ3n) is 2.62. The molecule has 0 rings (SSSR count). The maximum Gasteiger partial charge on any atom is 0 e. The topological polar surface area (TPSA) is 64.1 Å². The average molecular weight is 222 g/mol. The Kier molecular flexibility index (Phi) is 21.0. The van der Waals surface area contributed by atoms with Crippen molar-refractivity contribution in [3.05, 3.63) is 0 Å². The molecule has 0 heterocycles. The molecule has 4 heteroatoms. The molecular formula is C12H29LiN3. The zero-order valence-corrected chi connectivity index (χ0v) is 11.1. The van der Waals surface area contributed by atoms with E-state index in [0.717, 1.165) is 19.6 Å². The molecule has 0 aromatic rings. The van der Waals surface area contributed by atoms with Crippen LogP contribution in [0.2, 0.25) is 0 Å². The first-order valence-corrected chi connectivity index (χ1v) is 6.52. The minimum Gasteiger partial charge on any atom is -0.330 e. The van der Waals surface area contributed by atoms with E-state index < -0.39 is 0 Å². The maximum atomic E-state index is 5.43. The fourth-order valence-corrected chi connectivity index (χ4v) is 1.62. The number of hydrogen-bond acceptors (Lipinski definition) is 3. The SMILES string of the molecule is NCCCCCCCNCCCCCN.[Li]. The maximum absolute atomic E-state index is 5.43. The van der Waals surface area contributed by atoms with Crippen molar-refractivity contribution in [3.63, 3.8) is 0 Å². The Morgan fingerprint density at radius 3 is 1.44 bits per heavy atom. The van der Waals surface area contributed by atoms with E-state index in [2.05, 4.69) is 5.32 Å². The van der Waals surface area contributed by atoms with Gasteiger partial charge >= 0.3 is 0 Å². The quantitative estimate of drug-likeness (QED) is 0.344. The van der Waals surface area contributed by atoms with Crippen LogP contribution in [0.15, 0.2) is 0 Å². The molecule has 0 saturated carbocycles. The van der Waals surface area contributed by atoms with Gasteiger partial charge in [0.2, 0.25) is 0 Å². The van der Waals surface area contributed by atoms with Crippen LogP contribution in [0.25, 0.3) is 0 Å². The van der Waals surface area contributed by atoms with Crippen molar-refractivity contribution in [2.45, 2.75) is 51.4 Å². The summed E-state index contributed by atoms with van der Waals surface area (Å²) in [6, 6.07) is 0. The Morgan fingerprint density at radius 1 is 0.562 bits per heavy atom. The largest absolute Gasteiger partial charge is 0.330 e. The van der Waals surface area contributed by atoms with E-state index in [1.807, 2.05) is 0 Å². The Balaban J connectivity index is 0. The monoisotopic (exact) mass is 222 g/mol. The summed E-state index contributed by atoms with van der Waals surface area (Å²) >= 11 is 0. The van der Waals surface area contributed by atoms with E-state index in [-0.39, 0.29) is 18.9 Å². The van der Waals surface area contributed by atoms with Gasteiger partial charge in [-0.05, 0) is 51.9 Å². The van der Waals surface area contributed by atoms with E-state index in [4.69, 9.17) is 11.5 Å². The first kappa shape index (κ1) is 18.8. The number of nitrogens with two attached hydrogens (primary N) is 2. The van der Waals surface area contributed by atoms with Gasteiger partial charge in [-0.1, -0.05) is 25.7 Å². The van der Waals surface area contributed by atoms with E-state index in [1.165, 1.54) is 57.9 Å². The summed E-state index contributed by atoms with van der Waals surface area (Å²) in [7, 11) is 0. The molecule has 0 unspecified atom stereocenters. The fourth-order valence-electron chi connectivity index (χ4n) is 1.62. The van der Waals surface area contributed by atoms with Gasteiger partial charge in [0.1, 0.15) is 0 Å². The molecule has 0 spiro atoms. The first-order valence-electron chi connectivity index (χ1n) is 6.52. The van der Waals surface area contributed by atoms with Gasteiger partial charge in [0.05, 0.1) is 0 Å². The number of unbranched alkanes of at least 4 members (excludes halogenated alkanes) is 6. The summed E-state index contributed by atoms with van der Waals surface area (Å²) in [6.45, 7) is 4.01. The Hall–Kier alpha value is 0.477. The van der Waals surface area contributed by atoms with Gasteiger partial charge in [-0.3, -0.25) is 0 Å². The van der Waals surface area contributed by atoms with Gasteiger partial charge in [0.25, 0.3) is 0 Å². The molecule has 0 aliphatic rings. The molecule has 0 bridgehead atoms. The molecule has 0 saturated heterocycles. The van der Waals surface area contributed by atoms with E-state index in [0.29, 0.717) is 0 Å². The van der Waals surface area contributed by atoms with Crippen LogP contribution >= 0.6 is 0 Å². The minimum atomic E-state index is 0. The normalized spacial score (nSPS) is 10.1. The van der Waals surface area contributed by atoms with Crippen molar-refractivity contribution in [2.24, 2.45) is 11.5 Å². The van der Waals surface area contributed by atoms with E-state index in [1.54, 1.807) is 0 Å².